The number of unbranched alkanes of at least 4 members (excludes halogenated alkanes) is 1. The second-order valence-electron chi connectivity index (χ2n) is 7.62. The SMILES string of the molecule is C=C(C)COc1ccc2c(ccc3cc(CCCCOC(=O)C(=C)C)ccc32)c1. The molecule has 0 aliphatic carbocycles. The van der Waals surface area contributed by atoms with Crippen LogP contribution in [0.4, 0.5) is 0 Å². The summed E-state index contributed by atoms with van der Waals surface area (Å²) in [5.74, 6) is 0.555. The molecule has 3 heteroatoms. The lowest BCUT2D eigenvalue weighted by Crippen LogP contribution is -2.06. The summed E-state index contributed by atoms with van der Waals surface area (Å²) in [4.78, 5) is 11.4. The van der Waals surface area contributed by atoms with Crippen molar-refractivity contribution in [1.82, 2.24) is 0 Å². The van der Waals surface area contributed by atoms with Gasteiger partial charge in [-0.2, -0.15) is 0 Å². The van der Waals surface area contributed by atoms with Crippen LogP contribution in [-0.4, -0.2) is 19.2 Å². The molecule has 0 spiro atoms. The maximum atomic E-state index is 11.4. The fourth-order valence-corrected chi connectivity index (χ4v) is 3.27. The van der Waals surface area contributed by atoms with Crippen LogP contribution < -0.4 is 4.74 Å². The Morgan fingerprint density at radius 3 is 2.28 bits per heavy atom. The van der Waals surface area contributed by atoms with E-state index in [-0.39, 0.29) is 5.97 Å². The number of hydrogen-bond acceptors (Lipinski definition) is 3. The predicted octanol–water partition coefficient (Wildman–Crippen LogP) is 6.39. The summed E-state index contributed by atoms with van der Waals surface area (Å²) in [5, 5.41) is 4.87. The zero-order valence-corrected chi connectivity index (χ0v) is 17.3. The lowest BCUT2D eigenvalue weighted by atomic mass is 9.98. The molecule has 3 rings (SSSR count). The number of fused-ring (bicyclic) bond motifs is 3. The van der Waals surface area contributed by atoms with Gasteiger partial charge in [-0.25, -0.2) is 4.79 Å². The molecule has 0 saturated carbocycles. The molecule has 0 amide bonds. The van der Waals surface area contributed by atoms with Gasteiger partial charge in [-0.15, -0.1) is 0 Å². The molecule has 0 N–H and O–H groups in total. The highest BCUT2D eigenvalue weighted by Crippen LogP contribution is 2.29. The van der Waals surface area contributed by atoms with Gasteiger partial charge in [0.25, 0.3) is 0 Å². The molecule has 3 aromatic carbocycles. The zero-order valence-electron chi connectivity index (χ0n) is 17.3. The fourth-order valence-electron chi connectivity index (χ4n) is 3.27. The van der Waals surface area contributed by atoms with Crippen molar-refractivity contribution >= 4 is 27.5 Å². The van der Waals surface area contributed by atoms with Crippen molar-refractivity contribution in [3.63, 3.8) is 0 Å². The maximum Gasteiger partial charge on any atom is 0.333 e. The van der Waals surface area contributed by atoms with Crippen molar-refractivity contribution in [2.24, 2.45) is 0 Å². The van der Waals surface area contributed by atoms with Gasteiger partial charge in [-0.1, -0.05) is 49.6 Å². The van der Waals surface area contributed by atoms with E-state index in [1.165, 1.54) is 27.1 Å². The number of carbonyl (C=O) groups is 1. The number of hydrogen-bond donors (Lipinski definition) is 0. The Kier molecular flexibility index (Phi) is 6.71. The molecule has 0 aromatic heterocycles. The summed E-state index contributed by atoms with van der Waals surface area (Å²) in [6, 6.07) is 17.2. The first kappa shape index (κ1) is 20.7. The van der Waals surface area contributed by atoms with Gasteiger partial charge in [0.15, 0.2) is 0 Å². The molecule has 0 fully saturated rings. The number of aryl methyl sites for hydroxylation is 1. The summed E-state index contributed by atoms with van der Waals surface area (Å²) < 4.78 is 10.9. The molecule has 0 saturated heterocycles. The summed E-state index contributed by atoms with van der Waals surface area (Å²) in [6.45, 7) is 12.1. The molecule has 150 valence electrons. The van der Waals surface area contributed by atoms with Crippen LogP contribution in [0, 0.1) is 0 Å². The average molecular weight is 389 g/mol. The van der Waals surface area contributed by atoms with Crippen molar-refractivity contribution in [2.45, 2.75) is 33.1 Å². The molecule has 0 atom stereocenters. The van der Waals surface area contributed by atoms with Crippen LogP contribution in [0.5, 0.6) is 5.75 Å². The third-order valence-electron chi connectivity index (χ3n) is 4.80. The van der Waals surface area contributed by atoms with E-state index < -0.39 is 0 Å². The molecular weight excluding hydrogens is 360 g/mol. The first-order valence-corrected chi connectivity index (χ1v) is 9.99. The number of rotatable bonds is 9. The van der Waals surface area contributed by atoms with Crippen LogP contribution in [0.2, 0.25) is 0 Å². The molecular formula is C26H28O3. The second-order valence-corrected chi connectivity index (χ2v) is 7.62. The summed E-state index contributed by atoms with van der Waals surface area (Å²) in [6.07, 6.45) is 2.79. The largest absolute Gasteiger partial charge is 0.489 e. The molecule has 29 heavy (non-hydrogen) atoms. The third kappa shape index (κ3) is 5.47. The molecule has 3 aromatic rings. The number of esters is 1. The number of benzene rings is 3. The van der Waals surface area contributed by atoms with E-state index >= 15 is 0 Å². The highest BCUT2D eigenvalue weighted by Gasteiger charge is 2.05. The monoisotopic (exact) mass is 388 g/mol. The van der Waals surface area contributed by atoms with Gasteiger partial charge in [0, 0.05) is 5.57 Å². The first-order valence-electron chi connectivity index (χ1n) is 9.99. The Bertz CT molecular complexity index is 1060. The van der Waals surface area contributed by atoms with Gasteiger partial charge >= 0.3 is 5.97 Å². The smallest absolute Gasteiger partial charge is 0.333 e. The number of carbonyl (C=O) groups excluding carboxylic acids is 1. The maximum absolute atomic E-state index is 11.4. The Morgan fingerprint density at radius 1 is 0.897 bits per heavy atom. The van der Waals surface area contributed by atoms with Crippen molar-refractivity contribution in [3.8, 4) is 5.75 Å². The minimum atomic E-state index is -0.309. The second kappa shape index (κ2) is 9.42. The molecule has 0 heterocycles. The minimum Gasteiger partial charge on any atom is -0.489 e. The van der Waals surface area contributed by atoms with Gasteiger partial charge in [0.2, 0.25) is 0 Å². The van der Waals surface area contributed by atoms with Crippen LogP contribution in [0.15, 0.2) is 72.8 Å². The Hall–Kier alpha value is -3.07. The molecule has 3 nitrogen and oxygen atoms in total. The molecule has 0 unspecified atom stereocenters. The van der Waals surface area contributed by atoms with E-state index in [1.807, 2.05) is 13.0 Å². The van der Waals surface area contributed by atoms with Crippen LogP contribution in [-0.2, 0) is 16.0 Å². The molecule has 0 aliphatic rings. The van der Waals surface area contributed by atoms with Crippen molar-refractivity contribution in [3.05, 3.63) is 78.4 Å². The van der Waals surface area contributed by atoms with E-state index in [0.29, 0.717) is 18.8 Å². The summed E-state index contributed by atoms with van der Waals surface area (Å²) in [5.41, 5.74) is 2.75. The number of ether oxygens (including phenoxy) is 2. The topological polar surface area (TPSA) is 35.5 Å². The molecule has 0 radical (unpaired) electrons. The van der Waals surface area contributed by atoms with Crippen LogP contribution >= 0.6 is 0 Å². The fraction of sp³-hybridized carbons (Fsp3) is 0.269. The van der Waals surface area contributed by atoms with Gasteiger partial charge in [-0.3, -0.25) is 0 Å². The Balaban J connectivity index is 1.66. The lowest BCUT2D eigenvalue weighted by molar-refractivity contribution is -0.139. The quantitative estimate of drug-likeness (QED) is 0.140. The van der Waals surface area contributed by atoms with Crippen molar-refractivity contribution in [2.75, 3.05) is 13.2 Å². The van der Waals surface area contributed by atoms with Gasteiger partial charge < -0.3 is 9.47 Å². The summed E-state index contributed by atoms with van der Waals surface area (Å²) in [7, 11) is 0. The van der Waals surface area contributed by atoms with Crippen LogP contribution in [0.1, 0.15) is 32.3 Å². The van der Waals surface area contributed by atoms with E-state index in [1.54, 1.807) is 6.92 Å². The normalized spacial score (nSPS) is 10.8. The van der Waals surface area contributed by atoms with Gasteiger partial charge in [-0.05, 0) is 77.9 Å². The van der Waals surface area contributed by atoms with Crippen LogP contribution in [0.25, 0.3) is 21.5 Å². The standard InChI is InChI=1S/C26H28O3/c1-18(2)17-29-23-11-13-25-22(16-23)10-9-21-15-20(8-12-24(21)25)7-5-6-14-28-26(27)19(3)4/h8-13,15-16H,1,3,5-7,14,17H2,2,4H3. The van der Waals surface area contributed by atoms with Crippen molar-refractivity contribution < 1.29 is 14.3 Å². The van der Waals surface area contributed by atoms with E-state index in [4.69, 9.17) is 9.47 Å². The van der Waals surface area contributed by atoms with Crippen LogP contribution in [0.3, 0.4) is 0 Å². The first-order chi connectivity index (χ1) is 13.9. The predicted molar refractivity (Wildman–Crippen MR) is 120 cm³/mol. The van der Waals surface area contributed by atoms with E-state index in [2.05, 4.69) is 55.6 Å². The van der Waals surface area contributed by atoms with Gasteiger partial charge in [0.05, 0.1) is 6.61 Å². The highest BCUT2D eigenvalue weighted by molar-refractivity contribution is 6.07. The average Bonchev–Trinajstić information content (AvgIpc) is 2.71. The van der Waals surface area contributed by atoms with E-state index in [0.717, 1.165) is 30.6 Å². The highest BCUT2D eigenvalue weighted by atomic mass is 16.5. The Morgan fingerprint density at radius 2 is 1.59 bits per heavy atom. The van der Waals surface area contributed by atoms with Crippen molar-refractivity contribution in [1.29, 1.82) is 0 Å². The van der Waals surface area contributed by atoms with Gasteiger partial charge in [0.1, 0.15) is 12.4 Å². The van der Waals surface area contributed by atoms with E-state index in [9.17, 15) is 4.79 Å². The Labute approximate surface area is 172 Å². The molecule has 0 aliphatic heterocycles. The molecule has 0 bridgehead atoms. The zero-order chi connectivity index (χ0) is 20.8. The third-order valence-corrected chi connectivity index (χ3v) is 4.80. The summed E-state index contributed by atoms with van der Waals surface area (Å²) >= 11 is 0. The minimum absolute atomic E-state index is 0.309. The lowest BCUT2D eigenvalue weighted by Gasteiger charge is -2.10.